The molecule has 1 unspecified atom stereocenters. The summed E-state index contributed by atoms with van der Waals surface area (Å²) in [6.07, 6.45) is 9.61. The minimum absolute atomic E-state index is 0.148. The van der Waals surface area contributed by atoms with E-state index in [1.807, 2.05) is 38.3 Å². The number of carbonyl (C=O) groups excluding carboxylic acids is 2. The number of rotatable bonds is 9. The lowest BCUT2D eigenvalue weighted by Gasteiger charge is -2.44. The van der Waals surface area contributed by atoms with Crippen molar-refractivity contribution >= 4 is 40.3 Å². The Labute approximate surface area is 233 Å². The summed E-state index contributed by atoms with van der Waals surface area (Å²) in [5.74, 6) is -0.473. The maximum Gasteiger partial charge on any atom is 0.255 e. The fourth-order valence-electron chi connectivity index (χ4n) is 6.36. The number of hydrogen-bond acceptors (Lipinski definition) is 6. The van der Waals surface area contributed by atoms with Crippen LogP contribution in [0.25, 0.3) is 11.0 Å². The van der Waals surface area contributed by atoms with Gasteiger partial charge in [0.25, 0.3) is 11.8 Å². The van der Waals surface area contributed by atoms with Gasteiger partial charge in [-0.1, -0.05) is 0 Å². The number of carbonyl (C=O) groups is 2. The molecule has 2 fully saturated rings. The molecule has 4 heterocycles. The molecule has 2 atom stereocenters. The summed E-state index contributed by atoms with van der Waals surface area (Å²) in [7, 11) is 0. The van der Waals surface area contributed by atoms with Gasteiger partial charge in [0.1, 0.15) is 12.3 Å². The van der Waals surface area contributed by atoms with Crippen LogP contribution in [0.4, 0.5) is 4.39 Å². The Bertz CT molecular complexity index is 1300. The van der Waals surface area contributed by atoms with Crippen molar-refractivity contribution in [2.75, 3.05) is 32.7 Å². The lowest BCUT2D eigenvalue weighted by Crippen LogP contribution is -2.65. The molecule has 10 heteroatoms. The van der Waals surface area contributed by atoms with Crippen LogP contribution in [0, 0.1) is 18.8 Å². The van der Waals surface area contributed by atoms with Crippen LogP contribution in [0.5, 0.6) is 0 Å². The van der Waals surface area contributed by atoms with E-state index in [1.54, 1.807) is 6.20 Å². The monoisotopic (exact) mass is 555 g/mol. The number of nitrogens with zero attached hydrogens (tertiary/aromatic N) is 3. The lowest BCUT2D eigenvalue weighted by atomic mass is 9.80. The first-order valence-electron chi connectivity index (χ1n) is 13.8. The standard InChI is InChI=1S/C29H38FN5O3S/c1-17-12-24(39-4)23(27(36)33-17)13-32-28(37)25-19(3)35(26-22(25)6-5-11-31-26)18(2)20-7-9-21(10-8-20)34-29(14-30)15-38-16-29/h5-6,11-12,18,20-21,23,34H,7-10,13-16H2,1-4H3,(H,32,37)/t18-,20?,21?,23?/m1/s1. The normalized spacial score (nSPS) is 25.6. The Kier molecular flexibility index (Phi) is 8.26. The van der Waals surface area contributed by atoms with Gasteiger partial charge in [0.15, 0.2) is 0 Å². The molecule has 0 spiro atoms. The summed E-state index contributed by atoms with van der Waals surface area (Å²) in [6, 6.07) is 4.24. The van der Waals surface area contributed by atoms with E-state index in [4.69, 9.17) is 4.74 Å². The highest BCUT2D eigenvalue weighted by atomic mass is 32.2. The van der Waals surface area contributed by atoms with Crippen LogP contribution >= 0.6 is 11.8 Å². The van der Waals surface area contributed by atoms with Crippen LogP contribution in [0.3, 0.4) is 0 Å². The second-order valence-electron chi connectivity index (χ2n) is 11.2. The number of amides is 2. The van der Waals surface area contributed by atoms with E-state index in [0.717, 1.165) is 47.3 Å². The van der Waals surface area contributed by atoms with Crippen molar-refractivity contribution in [1.82, 2.24) is 20.2 Å². The first-order valence-corrected chi connectivity index (χ1v) is 15.0. The molecular formula is C29H38FN5O3S. The molecule has 0 radical (unpaired) electrons. The van der Waals surface area contributed by atoms with Crippen molar-refractivity contribution in [3.05, 3.63) is 40.6 Å². The van der Waals surface area contributed by atoms with E-state index in [0.29, 0.717) is 36.4 Å². The molecule has 1 saturated carbocycles. The Morgan fingerprint density at radius 3 is 2.67 bits per heavy atom. The number of dihydropyridines is 1. The third kappa shape index (κ3) is 5.43. The highest BCUT2D eigenvalue weighted by Crippen LogP contribution is 2.38. The molecule has 3 aliphatic rings. The first kappa shape index (κ1) is 28.0. The van der Waals surface area contributed by atoms with Gasteiger partial charge in [-0.15, -0.1) is 11.8 Å². The third-order valence-electron chi connectivity index (χ3n) is 8.60. The van der Waals surface area contributed by atoms with E-state index in [1.165, 1.54) is 11.8 Å². The molecule has 210 valence electrons. The van der Waals surface area contributed by atoms with Gasteiger partial charge in [0, 0.05) is 46.5 Å². The summed E-state index contributed by atoms with van der Waals surface area (Å²) < 4.78 is 21.0. The molecule has 2 aromatic rings. The number of halogens is 1. The molecule has 2 aliphatic heterocycles. The topological polar surface area (TPSA) is 97.6 Å². The largest absolute Gasteiger partial charge is 0.377 e. The van der Waals surface area contributed by atoms with E-state index < -0.39 is 18.1 Å². The molecule has 1 aliphatic carbocycles. The van der Waals surface area contributed by atoms with Crippen molar-refractivity contribution in [2.45, 2.75) is 64.1 Å². The zero-order valence-electron chi connectivity index (χ0n) is 23.1. The molecule has 1 saturated heterocycles. The Balaban J connectivity index is 1.31. The van der Waals surface area contributed by atoms with Crippen LogP contribution in [0.2, 0.25) is 0 Å². The van der Waals surface area contributed by atoms with Gasteiger partial charge in [-0.25, -0.2) is 14.4 Å². The summed E-state index contributed by atoms with van der Waals surface area (Å²) in [6.45, 7) is 6.69. The maximum atomic E-state index is 13.6. The quantitative estimate of drug-likeness (QED) is 0.477. The van der Waals surface area contributed by atoms with E-state index in [-0.39, 0.29) is 24.4 Å². The number of nitrogens with one attached hydrogen (secondary N) is 2. The second kappa shape index (κ2) is 11.5. The fourth-order valence-corrected chi connectivity index (χ4v) is 7.12. The number of thioether (sulfide) groups is 1. The number of aliphatic imine (C=N–C) groups is 1. The highest BCUT2D eigenvalue weighted by Gasteiger charge is 2.41. The predicted molar refractivity (Wildman–Crippen MR) is 153 cm³/mol. The number of pyridine rings is 1. The first-order chi connectivity index (χ1) is 18.8. The SMILES string of the molecule is CSC1=CC(C)=NC(=O)C1CNC(=O)c1c(C)n([C@H](C)C2CCC(NC3(CF)COC3)CC2)c2ncccc12. The van der Waals surface area contributed by atoms with Crippen LogP contribution in [-0.4, -0.2) is 71.3 Å². The van der Waals surface area contributed by atoms with Gasteiger partial charge in [0.05, 0.1) is 30.2 Å². The fraction of sp³-hybridized carbons (Fsp3) is 0.586. The number of aromatic nitrogens is 2. The molecule has 2 N–H and O–H groups in total. The Morgan fingerprint density at radius 2 is 2.03 bits per heavy atom. The summed E-state index contributed by atoms with van der Waals surface area (Å²) >= 11 is 1.51. The molecule has 39 heavy (non-hydrogen) atoms. The number of allylic oxidation sites excluding steroid dienone is 1. The zero-order valence-corrected chi connectivity index (χ0v) is 23.9. The maximum absolute atomic E-state index is 13.6. The third-order valence-corrected chi connectivity index (χ3v) is 9.47. The average molecular weight is 556 g/mol. The summed E-state index contributed by atoms with van der Waals surface area (Å²) in [5, 5.41) is 7.35. The number of alkyl halides is 1. The van der Waals surface area contributed by atoms with Gasteiger partial charge in [-0.05, 0) is 76.8 Å². The molecule has 0 bridgehead atoms. The van der Waals surface area contributed by atoms with Crippen molar-refractivity contribution in [1.29, 1.82) is 0 Å². The van der Waals surface area contributed by atoms with E-state index in [9.17, 15) is 14.0 Å². The van der Waals surface area contributed by atoms with Crippen molar-refractivity contribution in [2.24, 2.45) is 16.8 Å². The number of ether oxygens (including phenoxy) is 1. The lowest BCUT2D eigenvalue weighted by molar-refractivity contribution is -0.120. The highest BCUT2D eigenvalue weighted by molar-refractivity contribution is 8.02. The molecule has 5 rings (SSSR count). The van der Waals surface area contributed by atoms with Crippen LogP contribution in [-0.2, 0) is 9.53 Å². The van der Waals surface area contributed by atoms with E-state index in [2.05, 4.69) is 32.1 Å². The van der Waals surface area contributed by atoms with Crippen LogP contribution in [0.1, 0.15) is 61.6 Å². The van der Waals surface area contributed by atoms with Gasteiger partial charge < -0.3 is 19.9 Å². The molecule has 0 aromatic carbocycles. The molecule has 8 nitrogen and oxygen atoms in total. The van der Waals surface area contributed by atoms with Gasteiger partial charge in [-0.2, -0.15) is 0 Å². The Hall–Kier alpha value is -2.56. The van der Waals surface area contributed by atoms with E-state index >= 15 is 0 Å². The van der Waals surface area contributed by atoms with Crippen LogP contribution < -0.4 is 10.6 Å². The predicted octanol–water partition coefficient (Wildman–Crippen LogP) is 4.39. The number of fused-ring (bicyclic) bond motifs is 1. The smallest absolute Gasteiger partial charge is 0.255 e. The minimum atomic E-state index is -0.498. The van der Waals surface area contributed by atoms with Crippen LogP contribution in [0.15, 0.2) is 34.3 Å². The minimum Gasteiger partial charge on any atom is -0.377 e. The Morgan fingerprint density at radius 1 is 1.28 bits per heavy atom. The van der Waals surface area contributed by atoms with Gasteiger partial charge in [0.2, 0.25) is 0 Å². The zero-order chi connectivity index (χ0) is 27.7. The molecule has 2 amide bonds. The van der Waals surface area contributed by atoms with Crippen molar-refractivity contribution in [3.63, 3.8) is 0 Å². The average Bonchev–Trinajstić information content (AvgIpc) is 3.21. The summed E-state index contributed by atoms with van der Waals surface area (Å²) in [5.41, 5.74) is 2.47. The molecular weight excluding hydrogens is 517 g/mol. The van der Waals surface area contributed by atoms with Crippen molar-refractivity contribution in [3.8, 4) is 0 Å². The second-order valence-corrected chi connectivity index (χ2v) is 12.1. The van der Waals surface area contributed by atoms with Gasteiger partial charge >= 0.3 is 0 Å². The van der Waals surface area contributed by atoms with Gasteiger partial charge in [-0.3, -0.25) is 9.59 Å². The van der Waals surface area contributed by atoms with Crippen molar-refractivity contribution < 1.29 is 18.7 Å². The summed E-state index contributed by atoms with van der Waals surface area (Å²) in [4.78, 5) is 35.8. The molecule has 2 aromatic heterocycles. The number of hydrogen-bond donors (Lipinski definition) is 2.